The SMILES string of the molecule is COC(=O)CCCNC(=O)CN1CCC(CCN)CC1. The lowest BCUT2D eigenvalue weighted by Crippen LogP contribution is -2.42. The zero-order chi connectivity index (χ0) is 14.8. The number of rotatable bonds is 8. The summed E-state index contributed by atoms with van der Waals surface area (Å²) in [6.45, 7) is 3.68. The Hall–Kier alpha value is -1.14. The quantitative estimate of drug-likeness (QED) is 0.489. The van der Waals surface area contributed by atoms with Crippen LogP contribution >= 0.6 is 0 Å². The summed E-state index contributed by atoms with van der Waals surface area (Å²) in [7, 11) is 1.37. The van der Waals surface area contributed by atoms with Crippen molar-refractivity contribution in [1.29, 1.82) is 0 Å². The number of carbonyl (C=O) groups excluding carboxylic acids is 2. The Bertz CT molecular complexity index is 302. The van der Waals surface area contributed by atoms with Gasteiger partial charge in [0.25, 0.3) is 0 Å². The molecule has 0 saturated carbocycles. The van der Waals surface area contributed by atoms with E-state index in [9.17, 15) is 9.59 Å². The molecule has 6 heteroatoms. The van der Waals surface area contributed by atoms with Gasteiger partial charge in [0.2, 0.25) is 5.91 Å². The third-order valence-electron chi connectivity index (χ3n) is 3.76. The second-order valence-corrected chi connectivity index (χ2v) is 5.33. The van der Waals surface area contributed by atoms with E-state index in [1.54, 1.807) is 0 Å². The minimum absolute atomic E-state index is 0.0344. The van der Waals surface area contributed by atoms with Gasteiger partial charge in [-0.15, -0.1) is 0 Å². The first-order valence-electron chi connectivity index (χ1n) is 7.41. The molecule has 1 aliphatic rings. The number of likely N-dealkylation sites (tertiary alicyclic amines) is 1. The Morgan fingerprint density at radius 2 is 2.05 bits per heavy atom. The Labute approximate surface area is 121 Å². The second kappa shape index (κ2) is 9.72. The highest BCUT2D eigenvalue weighted by atomic mass is 16.5. The third kappa shape index (κ3) is 6.86. The highest BCUT2D eigenvalue weighted by molar-refractivity contribution is 5.78. The third-order valence-corrected chi connectivity index (χ3v) is 3.76. The molecule has 116 valence electrons. The molecule has 1 saturated heterocycles. The molecule has 0 aromatic heterocycles. The van der Waals surface area contributed by atoms with Crippen LogP contribution < -0.4 is 11.1 Å². The summed E-state index contributed by atoms with van der Waals surface area (Å²) in [5.74, 6) is 0.521. The van der Waals surface area contributed by atoms with E-state index in [1.807, 2.05) is 0 Å². The first-order valence-corrected chi connectivity index (χ1v) is 7.41. The van der Waals surface area contributed by atoms with Gasteiger partial charge in [-0.2, -0.15) is 0 Å². The Morgan fingerprint density at radius 1 is 1.35 bits per heavy atom. The lowest BCUT2D eigenvalue weighted by molar-refractivity contribution is -0.140. The Balaban J connectivity index is 2.07. The molecule has 1 rings (SSSR count). The maximum atomic E-state index is 11.7. The summed E-state index contributed by atoms with van der Waals surface area (Å²) in [5.41, 5.74) is 5.56. The molecule has 0 atom stereocenters. The number of piperidine rings is 1. The minimum Gasteiger partial charge on any atom is -0.469 e. The van der Waals surface area contributed by atoms with Crippen LogP contribution in [-0.4, -0.2) is 56.6 Å². The van der Waals surface area contributed by atoms with Gasteiger partial charge >= 0.3 is 5.97 Å². The summed E-state index contributed by atoms with van der Waals surface area (Å²) in [6.07, 6.45) is 4.32. The number of methoxy groups -OCH3 is 1. The molecule has 0 unspecified atom stereocenters. The predicted octanol–water partition coefficient (Wildman–Crippen LogP) is 0.117. The highest BCUT2D eigenvalue weighted by Crippen LogP contribution is 2.19. The topological polar surface area (TPSA) is 84.7 Å². The van der Waals surface area contributed by atoms with Gasteiger partial charge in [-0.1, -0.05) is 0 Å². The summed E-state index contributed by atoms with van der Waals surface area (Å²) in [6, 6.07) is 0. The van der Waals surface area contributed by atoms with E-state index in [-0.39, 0.29) is 11.9 Å². The summed E-state index contributed by atoms with van der Waals surface area (Å²) in [4.78, 5) is 24.8. The van der Waals surface area contributed by atoms with Crippen molar-refractivity contribution in [3.05, 3.63) is 0 Å². The van der Waals surface area contributed by atoms with Gasteiger partial charge in [0.15, 0.2) is 0 Å². The Kier molecular flexibility index (Phi) is 8.22. The maximum Gasteiger partial charge on any atom is 0.305 e. The monoisotopic (exact) mass is 285 g/mol. The van der Waals surface area contributed by atoms with Crippen molar-refractivity contribution in [2.75, 3.05) is 39.8 Å². The van der Waals surface area contributed by atoms with Crippen molar-refractivity contribution in [3.8, 4) is 0 Å². The van der Waals surface area contributed by atoms with Gasteiger partial charge in [0.05, 0.1) is 13.7 Å². The number of nitrogens with two attached hydrogens (primary N) is 1. The molecular formula is C14H27N3O3. The summed E-state index contributed by atoms with van der Waals surface area (Å²) < 4.78 is 4.54. The number of nitrogens with zero attached hydrogens (tertiary/aromatic N) is 1. The molecule has 0 aromatic rings. The number of hydrogen-bond acceptors (Lipinski definition) is 5. The van der Waals surface area contributed by atoms with Gasteiger partial charge < -0.3 is 15.8 Å². The molecule has 0 radical (unpaired) electrons. The van der Waals surface area contributed by atoms with Gasteiger partial charge in [-0.25, -0.2) is 0 Å². The van der Waals surface area contributed by atoms with E-state index in [0.717, 1.165) is 44.8 Å². The van der Waals surface area contributed by atoms with Crippen LogP contribution in [0.25, 0.3) is 0 Å². The molecule has 0 bridgehead atoms. The first kappa shape index (κ1) is 16.9. The average molecular weight is 285 g/mol. The van der Waals surface area contributed by atoms with Crippen molar-refractivity contribution in [3.63, 3.8) is 0 Å². The molecule has 1 aliphatic heterocycles. The first-order chi connectivity index (χ1) is 9.65. The standard InChI is InChI=1S/C14H27N3O3/c1-20-14(19)3-2-8-16-13(18)11-17-9-5-12(4-7-15)6-10-17/h12H,2-11,15H2,1H3,(H,16,18). The number of nitrogens with one attached hydrogen (secondary N) is 1. The van der Waals surface area contributed by atoms with E-state index in [0.29, 0.717) is 25.9 Å². The lowest BCUT2D eigenvalue weighted by Gasteiger charge is -2.31. The molecule has 6 nitrogen and oxygen atoms in total. The molecule has 3 N–H and O–H groups in total. The maximum absolute atomic E-state index is 11.7. The van der Waals surface area contributed by atoms with E-state index in [4.69, 9.17) is 5.73 Å². The van der Waals surface area contributed by atoms with Crippen LogP contribution in [0.4, 0.5) is 0 Å². The molecule has 0 aliphatic carbocycles. The fraction of sp³-hybridized carbons (Fsp3) is 0.857. The number of hydrogen-bond donors (Lipinski definition) is 2. The molecule has 1 amide bonds. The van der Waals surface area contributed by atoms with Crippen molar-refractivity contribution in [2.45, 2.75) is 32.1 Å². The van der Waals surface area contributed by atoms with E-state index in [1.165, 1.54) is 7.11 Å². The molecule has 1 fully saturated rings. The number of ether oxygens (including phenoxy) is 1. The molecule has 0 aromatic carbocycles. The van der Waals surface area contributed by atoms with Gasteiger partial charge in [-0.05, 0) is 51.2 Å². The van der Waals surface area contributed by atoms with Gasteiger partial charge in [-0.3, -0.25) is 14.5 Å². The summed E-state index contributed by atoms with van der Waals surface area (Å²) in [5, 5.41) is 2.84. The van der Waals surface area contributed by atoms with E-state index >= 15 is 0 Å². The molecule has 20 heavy (non-hydrogen) atoms. The predicted molar refractivity (Wildman–Crippen MR) is 77.1 cm³/mol. The van der Waals surface area contributed by atoms with Crippen molar-refractivity contribution in [1.82, 2.24) is 10.2 Å². The van der Waals surface area contributed by atoms with Crippen LogP contribution in [0, 0.1) is 5.92 Å². The smallest absolute Gasteiger partial charge is 0.305 e. The number of amides is 1. The largest absolute Gasteiger partial charge is 0.469 e. The highest BCUT2D eigenvalue weighted by Gasteiger charge is 2.19. The lowest BCUT2D eigenvalue weighted by atomic mass is 9.94. The zero-order valence-electron chi connectivity index (χ0n) is 12.4. The number of carbonyl (C=O) groups is 2. The summed E-state index contributed by atoms with van der Waals surface area (Å²) >= 11 is 0. The molecule has 0 spiro atoms. The minimum atomic E-state index is -0.235. The second-order valence-electron chi connectivity index (χ2n) is 5.33. The van der Waals surface area contributed by atoms with Crippen molar-refractivity contribution >= 4 is 11.9 Å². The van der Waals surface area contributed by atoms with Crippen LogP contribution in [0.5, 0.6) is 0 Å². The normalized spacial score (nSPS) is 16.9. The molecule has 1 heterocycles. The van der Waals surface area contributed by atoms with Crippen LogP contribution in [0.2, 0.25) is 0 Å². The molecular weight excluding hydrogens is 258 g/mol. The zero-order valence-corrected chi connectivity index (χ0v) is 12.4. The fourth-order valence-electron chi connectivity index (χ4n) is 2.49. The van der Waals surface area contributed by atoms with Crippen molar-refractivity contribution in [2.24, 2.45) is 11.7 Å². The van der Waals surface area contributed by atoms with Crippen LogP contribution in [0.1, 0.15) is 32.1 Å². The van der Waals surface area contributed by atoms with Gasteiger partial charge in [0, 0.05) is 13.0 Å². The average Bonchev–Trinajstić information content (AvgIpc) is 2.45. The van der Waals surface area contributed by atoms with Gasteiger partial charge in [0.1, 0.15) is 0 Å². The fourth-order valence-corrected chi connectivity index (χ4v) is 2.49. The van der Waals surface area contributed by atoms with Crippen molar-refractivity contribution < 1.29 is 14.3 Å². The number of esters is 1. The van der Waals surface area contributed by atoms with E-state index in [2.05, 4.69) is 15.0 Å². The van der Waals surface area contributed by atoms with Crippen LogP contribution in [-0.2, 0) is 14.3 Å². The van der Waals surface area contributed by atoms with E-state index < -0.39 is 0 Å². The van der Waals surface area contributed by atoms with Crippen LogP contribution in [0.3, 0.4) is 0 Å². The van der Waals surface area contributed by atoms with Crippen LogP contribution in [0.15, 0.2) is 0 Å². The Morgan fingerprint density at radius 3 is 2.65 bits per heavy atom.